The quantitative estimate of drug-likeness (QED) is 0.325. The summed E-state index contributed by atoms with van der Waals surface area (Å²) in [5.41, 5.74) is 8.40. The second-order valence-electron chi connectivity index (χ2n) is 7.29. The SMILES string of the molecule is C=C1NCc2cc(-c3ccc(-c4cncc(C)c4)s3)ccc21.CC.CC.CCc1ccccn1. The van der Waals surface area contributed by atoms with Gasteiger partial charge in [0.2, 0.25) is 0 Å². The number of thiophene rings is 1. The van der Waals surface area contributed by atoms with Crippen molar-refractivity contribution in [3.05, 3.63) is 102 Å². The van der Waals surface area contributed by atoms with Gasteiger partial charge < -0.3 is 5.32 Å². The molecule has 178 valence electrons. The van der Waals surface area contributed by atoms with Crippen LogP contribution in [0.15, 0.2) is 79.8 Å². The first kappa shape index (κ1) is 27.0. The first-order valence-corrected chi connectivity index (χ1v) is 12.9. The Bertz CT molecular complexity index is 1160. The van der Waals surface area contributed by atoms with Gasteiger partial charge in [-0.15, -0.1) is 11.3 Å². The third-order valence-electron chi connectivity index (χ3n) is 5.06. The lowest BCUT2D eigenvalue weighted by Gasteiger charge is -2.02. The van der Waals surface area contributed by atoms with Crippen LogP contribution in [0.5, 0.6) is 0 Å². The molecule has 1 aliphatic heterocycles. The number of nitrogens with one attached hydrogen (secondary N) is 1. The molecule has 0 saturated heterocycles. The van der Waals surface area contributed by atoms with Gasteiger partial charge in [-0.05, 0) is 66.4 Å². The van der Waals surface area contributed by atoms with E-state index in [1.54, 1.807) is 0 Å². The van der Waals surface area contributed by atoms with Crippen LogP contribution in [0.4, 0.5) is 0 Å². The molecule has 4 heterocycles. The number of aromatic nitrogens is 2. The maximum atomic E-state index is 4.29. The molecule has 0 fully saturated rings. The number of nitrogens with zero attached hydrogens (tertiary/aromatic N) is 2. The molecule has 0 saturated carbocycles. The summed E-state index contributed by atoms with van der Waals surface area (Å²) in [6, 6.07) is 19.1. The second kappa shape index (κ2) is 14.1. The number of rotatable bonds is 3. The van der Waals surface area contributed by atoms with Gasteiger partial charge in [0.15, 0.2) is 0 Å². The number of benzene rings is 1. The summed E-state index contributed by atoms with van der Waals surface area (Å²) in [7, 11) is 0. The standard InChI is InChI=1S/C19H16N2S.C7H9N.2C2H6/c1-12-7-16(10-20-9-12)19-6-5-18(22-19)14-3-4-17-13(2)21-11-15(17)8-14;1-2-7-5-3-4-6-8-7;2*1-2/h3-10,21H,2,11H2,1H3;3-6H,2H2,1H3;2*1-2H3. The molecule has 0 amide bonds. The molecule has 0 spiro atoms. The van der Waals surface area contributed by atoms with Gasteiger partial charge in [-0.1, -0.05) is 59.4 Å². The predicted molar refractivity (Wildman–Crippen MR) is 150 cm³/mol. The van der Waals surface area contributed by atoms with Gasteiger partial charge >= 0.3 is 0 Å². The molecule has 1 aromatic carbocycles. The van der Waals surface area contributed by atoms with Crippen molar-refractivity contribution < 1.29 is 0 Å². The lowest BCUT2D eigenvalue weighted by molar-refractivity contribution is 0.946. The maximum Gasteiger partial charge on any atom is 0.0407 e. The summed E-state index contributed by atoms with van der Waals surface area (Å²) in [4.78, 5) is 10.9. The predicted octanol–water partition coefficient (Wildman–Crippen LogP) is 8.56. The lowest BCUT2D eigenvalue weighted by atomic mass is 10.0. The number of hydrogen-bond acceptors (Lipinski definition) is 4. The van der Waals surface area contributed by atoms with E-state index >= 15 is 0 Å². The van der Waals surface area contributed by atoms with E-state index in [1.165, 1.54) is 37.6 Å². The highest BCUT2D eigenvalue weighted by atomic mass is 32.1. The molecular weight excluding hydrogens is 434 g/mol. The summed E-state index contributed by atoms with van der Waals surface area (Å²) >= 11 is 1.81. The summed E-state index contributed by atoms with van der Waals surface area (Å²) < 4.78 is 0. The highest BCUT2D eigenvalue weighted by molar-refractivity contribution is 7.18. The van der Waals surface area contributed by atoms with E-state index in [2.05, 4.69) is 72.1 Å². The van der Waals surface area contributed by atoms with Crippen LogP contribution in [0.1, 0.15) is 57.0 Å². The highest BCUT2D eigenvalue weighted by Gasteiger charge is 2.15. The largest absolute Gasteiger partial charge is 0.381 e. The zero-order valence-corrected chi connectivity index (χ0v) is 22.2. The average molecular weight is 472 g/mol. The molecule has 0 atom stereocenters. The summed E-state index contributed by atoms with van der Waals surface area (Å²) in [5, 5.41) is 3.30. The summed E-state index contributed by atoms with van der Waals surface area (Å²) in [5.74, 6) is 0. The van der Waals surface area contributed by atoms with E-state index in [0.717, 1.165) is 24.4 Å². The Morgan fingerprint density at radius 3 is 2.26 bits per heavy atom. The van der Waals surface area contributed by atoms with E-state index in [9.17, 15) is 0 Å². The molecule has 0 unspecified atom stereocenters. The topological polar surface area (TPSA) is 37.8 Å². The molecule has 4 heteroatoms. The van der Waals surface area contributed by atoms with Gasteiger partial charge in [0, 0.05) is 57.4 Å². The van der Waals surface area contributed by atoms with Crippen LogP contribution in [-0.2, 0) is 13.0 Å². The van der Waals surface area contributed by atoms with Gasteiger partial charge in [-0.25, -0.2) is 0 Å². The number of hydrogen-bond donors (Lipinski definition) is 1. The fourth-order valence-corrected chi connectivity index (χ4v) is 4.41. The van der Waals surface area contributed by atoms with Crippen molar-refractivity contribution in [2.45, 2.75) is 54.5 Å². The zero-order valence-electron chi connectivity index (χ0n) is 21.4. The Morgan fingerprint density at radius 1 is 0.912 bits per heavy atom. The molecule has 5 rings (SSSR count). The monoisotopic (exact) mass is 471 g/mol. The lowest BCUT2D eigenvalue weighted by Crippen LogP contribution is -1.98. The molecule has 3 nitrogen and oxygen atoms in total. The molecule has 1 aliphatic rings. The smallest absolute Gasteiger partial charge is 0.0407 e. The number of pyridine rings is 2. The first-order chi connectivity index (χ1) is 16.6. The van der Waals surface area contributed by atoms with Crippen LogP contribution >= 0.6 is 11.3 Å². The van der Waals surface area contributed by atoms with Crippen molar-refractivity contribution in [3.63, 3.8) is 0 Å². The van der Waals surface area contributed by atoms with Crippen LogP contribution in [-0.4, -0.2) is 9.97 Å². The normalized spacial score (nSPS) is 10.9. The van der Waals surface area contributed by atoms with Gasteiger partial charge in [0.1, 0.15) is 0 Å². The van der Waals surface area contributed by atoms with Crippen LogP contribution in [0.2, 0.25) is 0 Å². The third kappa shape index (κ3) is 7.13. The fourth-order valence-electron chi connectivity index (χ4n) is 3.43. The Labute approximate surface area is 209 Å². The second-order valence-corrected chi connectivity index (χ2v) is 8.38. The van der Waals surface area contributed by atoms with E-state index in [0.29, 0.717) is 0 Å². The third-order valence-corrected chi connectivity index (χ3v) is 6.24. The fraction of sp³-hybridized carbons (Fsp3) is 0.267. The molecule has 0 bridgehead atoms. The van der Waals surface area contributed by atoms with Crippen molar-refractivity contribution in [1.29, 1.82) is 0 Å². The van der Waals surface area contributed by atoms with Crippen LogP contribution in [0, 0.1) is 6.92 Å². The molecule has 34 heavy (non-hydrogen) atoms. The van der Waals surface area contributed by atoms with E-state index in [1.807, 2.05) is 75.8 Å². The van der Waals surface area contributed by atoms with Crippen LogP contribution in [0.25, 0.3) is 26.6 Å². The van der Waals surface area contributed by atoms with Gasteiger partial charge in [0.05, 0.1) is 0 Å². The van der Waals surface area contributed by atoms with Gasteiger partial charge in [-0.2, -0.15) is 0 Å². The minimum absolute atomic E-state index is 0.877. The minimum Gasteiger partial charge on any atom is -0.381 e. The molecule has 1 N–H and O–H groups in total. The van der Waals surface area contributed by atoms with Crippen molar-refractivity contribution in [3.8, 4) is 20.9 Å². The number of aryl methyl sites for hydroxylation is 2. The molecule has 0 aliphatic carbocycles. The summed E-state index contributed by atoms with van der Waals surface area (Å²) in [6.45, 7) is 17.1. The van der Waals surface area contributed by atoms with Crippen LogP contribution in [0.3, 0.4) is 0 Å². The Morgan fingerprint density at radius 2 is 1.65 bits per heavy atom. The van der Waals surface area contributed by atoms with Gasteiger partial charge in [0.25, 0.3) is 0 Å². The molecule has 4 aromatic rings. The molecule has 3 aromatic heterocycles. The van der Waals surface area contributed by atoms with E-state index in [-0.39, 0.29) is 0 Å². The first-order valence-electron chi connectivity index (χ1n) is 12.1. The van der Waals surface area contributed by atoms with Crippen molar-refractivity contribution in [2.75, 3.05) is 0 Å². The van der Waals surface area contributed by atoms with E-state index < -0.39 is 0 Å². The van der Waals surface area contributed by atoms with Crippen molar-refractivity contribution in [1.82, 2.24) is 15.3 Å². The van der Waals surface area contributed by atoms with Crippen molar-refractivity contribution in [2.24, 2.45) is 0 Å². The van der Waals surface area contributed by atoms with Crippen LogP contribution < -0.4 is 5.32 Å². The number of fused-ring (bicyclic) bond motifs is 1. The Kier molecular flexibility index (Phi) is 11.2. The van der Waals surface area contributed by atoms with Crippen molar-refractivity contribution >= 4 is 17.0 Å². The minimum atomic E-state index is 0.877. The Balaban J connectivity index is 0.000000286. The summed E-state index contributed by atoms with van der Waals surface area (Å²) in [6.07, 6.45) is 6.66. The maximum absolute atomic E-state index is 4.29. The zero-order chi connectivity index (χ0) is 24.9. The average Bonchev–Trinajstić information content (AvgIpc) is 3.55. The van der Waals surface area contributed by atoms with E-state index in [4.69, 9.17) is 0 Å². The highest BCUT2D eigenvalue weighted by Crippen LogP contribution is 2.36. The molecular formula is C30H37N3S. The molecule has 0 radical (unpaired) electrons. The van der Waals surface area contributed by atoms with Gasteiger partial charge in [-0.3, -0.25) is 9.97 Å². The Hall–Kier alpha value is -3.24.